The van der Waals surface area contributed by atoms with Gasteiger partial charge in [0.25, 0.3) is 0 Å². The Kier molecular flexibility index (Phi) is 8.25. The maximum atomic E-state index is 12.7. The number of hydrogen-bond donors (Lipinski definition) is 2. The Morgan fingerprint density at radius 2 is 1.61 bits per heavy atom. The zero-order valence-corrected chi connectivity index (χ0v) is 19.5. The molecule has 1 aromatic carbocycles. The molecular weight excluding hydrogens is 372 g/mol. The summed E-state index contributed by atoms with van der Waals surface area (Å²) in [6, 6.07) is 8.58. The Morgan fingerprint density at radius 1 is 1.04 bits per heavy atom. The molecule has 0 fully saturated rings. The highest BCUT2D eigenvalue weighted by molar-refractivity contribution is 6.74. The quantitative estimate of drug-likeness (QED) is 0.662. The van der Waals surface area contributed by atoms with Gasteiger partial charge in [0.15, 0.2) is 8.32 Å². The van der Waals surface area contributed by atoms with Crippen molar-refractivity contribution in [3.05, 3.63) is 35.9 Å². The third-order valence-corrected chi connectivity index (χ3v) is 9.24. The number of carbonyl (C=O) groups is 2. The van der Waals surface area contributed by atoms with Crippen molar-refractivity contribution in [1.29, 1.82) is 0 Å². The third-order valence-electron chi connectivity index (χ3n) is 4.74. The van der Waals surface area contributed by atoms with Crippen LogP contribution in [0, 0.1) is 0 Å². The van der Waals surface area contributed by atoms with Crippen LogP contribution in [0.3, 0.4) is 0 Å². The van der Waals surface area contributed by atoms with Gasteiger partial charge in [0.05, 0.1) is 6.61 Å². The summed E-state index contributed by atoms with van der Waals surface area (Å²) < 4.78 is 11.4. The monoisotopic (exact) mass is 408 g/mol. The zero-order valence-electron chi connectivity index (χ0n) is 18.5. The van der Waals surface area contributed by atoms with Crippen LogP contribution in [-0.4, -0.2) is 38.5 Å². The van der Waals surface area contributed by atoms with Crippen molar-refractivity contribution in [3.8, 4) is 0 Å². The van der Waals surface area contributed by atoms with Gasteiger partial charge < -0.3 is 19.8 Å². The lowest BCUT2D eigenvalue weighted by Gasteiger charge is -2.37. The van der Waals surface area contributed by atoms with Crippen LogP contribution in [0.2, 0.25) is 18.1 Å². The summed E-state index contributed by atoms with van der Waals surface area (Å²) >= 11 is 0. The van der Waals surface area contributed by atoms with Crippen LogP contribution in [0.15, 0.2) is 30.3 Å². The molecule has 0 heterocycles. The smallest absolute Gasteiger partial charge is 0.408 e. The predicted molar refractivity (Wildman–Crippen MR) is 115 cm³/mol. The standard InChI is InChI=1S/C21H36N2O4Si/c1-20(2,3)23-18(24)17(15-27-28(7,8)21(4,5)6)22-19(25)26-14-16-12-10-9-11-13-16/h9-13,17H,14-15H2,1-8H3,(H,22,25)(H,23,24). The molecule has 0 spiro atoms. The van der Waals surface area contributed by atoms with Crippen LogP contribution in [0.1, 0.15) is 47.1 Å². The lowest BCUT2D eigenvalue weighted by molar-refractivity contribution is -0.125. The van der Waals surface area contributed by atoms with Gasteiger partial charge in [0, 0.05) is 5.54 Å². The maximum absolute atomic E-state index is 12.7. The van der Waals surface area contributed by atoms with Gasteiger partial charge in [-0.05, 0) is 44.5 Å². The van der Waals surface area contributed by atoms with Crippen molar-refractivity contribution in [2.45, 2.75) is 77.9 Å². The molecule has 1 atom stereocenters. The van der Waals surface area contributed by atoms with Crippen LogP contribution in [0.4, 0.5) is 4.79 Å². The number of carbonyl (C=O) groups excluding carboxylic acids is 2. The Morgan fingerprint density at radius 3 is 2.11 bits per heavy atom. The molecule has 0 aliphatic rings. The molecule has 0 aliphatic heterocycles. The Balaban J connectivity index is 2.76. The predicted octanol–water partition coefficient (Wildman–Crippen LogP) is 4.22. The number of nitrogens with one attached hydrogen (secondary N) is 2. The fraction of sp³-hybridized carbons (Fsp3) is 0.619. The number of amides is 2. The Labute approximate surface area is 170 Å². The molecule has 6 nitrogen and oxygen atoms in total. The molecule has 0 saturated heterocycles. The van der Waals surface area contributed by atoms with Crippen molar-refractivity contribution in [2.75, 3.05) is 6.61 Å². The van der Waals surface area contributed by atoms with E-state index in [0.29, 0.717) is 0 Å². The van der Waals surface area contributed by atoms with E-state index in [1.54, 1.807) is 0 Å². The van der Waals surface area contributed by atoms with E-state index < -0.39 is 26.0 Å². The van der Waals surface area contributed by atoms with E-state index in [4.69, 9.17) is 9.16 Å². The molecular formula is C21H36N2O4Si. The summed E-state index contributed by atoms with van der Waals surface area (Å²) in [5.74, 6) is -0.289. The maximum Gasteiger partial charge on any atom is 0.408 e. The molecule has 7 heteroatoms. The topological polar surface area (TPSA) is 76.7 Å². The Hall–Kier alpha value is -1.86. The summed E-state index contributed by atoms with van der Waals surface area (Å²) in [4.78, 5) is 24.9. The number of benzene rings is 1. The van der Waals surface area contributed by atoms with Crippen molar-refractivity contribution < 1.29 is 18.8 Å². The second-order valence-electron chi connectivity index (χ2n) is 9.57. The molecule has 0 aliphatic carbocycles. The van der Waals surface area contributed by atoms with Crippen molar-refractivity contribution in [2.24, 2.45) is 0 Å². The first-order chi connectivity index (χ1) is 12.7. The van der Waals surface area contributed by atoms with Gasteiger partial charge in [-0.15, -0.1) is 0 Å². The summed E-state index contributed by atoms with van der Waals surface area (Å²) in [7, 11) is -2.07. The van der Waals surface area contributed by atoms with E-state index >= 15 is 0 Å². The molecule has 1 aromatic rings. The van der Waals surface area contributed by atoms with E-state index in [2.05, 4.69) is 44.5 Å². The first-order valence-electron chi connectivity index (χ1n) is 9.64. The zero-order chi connectivity index (χ0) is 21.6. The van der Waals surface area contributed by atoms with E-state index in [1.165, 1.54) is 0 Å². The summed E-state index contributed by atoms with van der Waals surface area (Å²) in [6.45, 7) is 16.5. The highest BCUT2D eigenvalue weighted by Crippen LogP contribution is 2.36. The lowest BCUT2D eigenvalue weighted by atomic mass is 10.1. The molecule has 2 amide bonds. The van der Waals surface area contributed by atoms with Crippen LogP contribution in [0.25, 0.3) is 0 Å². The van der Waals surface area contributed by atoms with Crippen LogP contribution >= 0.6 is 0 Å². The summed E-state index contributed by atoms with van der Waals surface area (Å²) in [6.07, 6.45) is -0.642. The normalized spacial score (nSPS) is 13.6. The number of ether oxygens (including phenoxy) is 1. The van der Waals surface area contributed by atoms with Gasteiger partial charge in [0.1, 0.15) is 12.6 Å². The van der Waals surface area contributed by atoms with Crippen molar-refractivity contribution >= 4 is 20.3 Å². The molecule has 0 saturated carbocycles. The second kappa shape index (κ2) is 9.56. The van der Waals surface area contributed by atoms with Gasteiger partial charge in [-0.25, -0.2) is 4.79 Å². The van der Waals surface area contributed by atoms with Gasteiger partial charge >= 0.3 is 6.09 Å². The molecule has 1 unspecified atom stereocenters. The molecule has 28 heavy (non-hydrogen) atoms. The number of alkyl carbamates (subject to hydrolysis) is 1. The van der Waals surface area contributed by atoms with Crippen LogP contribution in [-0.2, 0) is 20.6 Å². The van der Waals surface area contributed by atoms with Gasteiger partial charge in [-0.2, -0.15) is 0 Å². The average molecular weight is 409 g/mol. The molecule has 158 valence electrons. The fourth-order valence-corrected chi connectivity index (χ4v) is 3.07. The highest BCUT2D eigenvalue weighted by atomic mass is 28.4. The van der Waals surface area contributed by atoms with Crippen molar-refractivity contribution in [1.82, 2.24) is 10.6 Å². The number of hydrogen-bond acceptors (Lipinski definition) is 4. The largest absolute Gasteiger partial charge is 0.445 e. The minimum Gasteiger partial charge on any atom is -0.445 e. The lowest BCUT2D eigenvalue weighted by Crippen LogP contribution is -2.55. The second-order valence-corrected chi connectivity index (χ2v) is 14.4. The fourth-order valence-electron chi connectivity index (χ4n) is 2.05. The van der Waals surface area contributed by atoms with Crippen LogP contribution in [0.5, 0.6) is 0 Å². The molecule has 0 bridgehead atoms. The average Bonchev–Trinajstić information content (AvgIpc) is 2.55. The SMILES string of the molecule is CC(C)(C)NC(=O)C(CO[Si](C)(C)C(C)(C)C)NC(=O)OCc1ccccc1. The highest BCUT2D eigenvalue weighted by Gasteiger charge is 2.38. The molecule has 2 N–H and O–H groups in total. The van der Waals surface area contributed by atoms with Gasteiger partial charge in [-0.3, -0.25) is 4.79 Å². The molecule has 1 rings (SSSR count). The first kappa shape index (κ1) is 24.2. The minimum atomic E-state index is -2.07. The van der Waals surface area contributed by atoms with E-state index in [0.717, 1.165) is 5.56 Å². The van der Waals surface area contributed by atoms with Crippen molar-refractivity contribution in [3.63, 3.8) is 0 Å². The van der Waals surface area contributed by atoms with E-state index in [9.17, 15) is 9.59 Å². The number of rotatable bonds is 7. The van der Waals surface area contributed by atoms with Gasteiger partial charge in [-0.1, -0.05) is 51.1 Å². The van der Waals surface area contributed by atoms with Gasteiger partial charge in [0.2, 0.25) is 5.91 Å². The van der Waals surface area contributed by atoms with Crippen LogP contribution < -0.4 is 10.6 Å². The Bertz CT molecular complexity index is 649. The molecule has 0 radical (unpaired) electrons. The van der Waals surface area contributed by atoms with E-state index in [1.807, 2.05) is 51.1 Å². The first-order valence-corrected chi connectivity index (χ1v) is 12.6. The molecule has 0 aromatic heterocycles. The third kappa shape index (κ3) is 8.44. The summed E-state index contributed by atoms with van der Waals surface area (Å²) in [5, 5.41) is 5.56. The summed E-state index contributed by atoms with van der Waals surface area (Å²) in [5.41, 5.74) is 0.466. The van der Waals surface area contributed by atoms with E-state index in [-0.39, 0.29) is 24.2 Å². The minimum absolute atomic E-state index is 0.00582.